The van der Waals surface area contributed by atoms with Gasteiger partial charge in [-0.15, -0.1) is 0 Å². The lowest BCUT2D eigenvalue weighted by molar-refractivity contribution is 0.0977. The van der Waals surface area contributed by atoms with E-state index in [9.17, 15) is 4.79 Å². The third kappa shape index (κ3) is 6.99. The summed E-state index contributed by atoms with van der Waals surface area (Å²) < 4.78 is 10.6. The number of nitrogens with zero attached hydrogens (tertiary/aromatic N) is 1. The second-order valence-corrected chi connectivity index (χ2v) is 8.73. The molecule has 34 heavy (non-hydrogen) atoms. The van der Waals surface area contributed by atoms with Gasteiger partial charge in [-0.3, -0.25) is 10.2 Å². The van der Waals surface area contributed by atoms with Gasteiger partial charge < -0.3 is 30.7 Å². The number of carbonyl (C=O) groups is 1. The molecule has 0 aliphatic carbocycles. The second kappa shape index (κ2) is 11.6. The van der Waals surface area contributed by atoms with Crippen molar-refractivity contribution in [3.8, 4) is 11.5 Å². The molecular weight excluding hydrogens is 430 g/mol. The minimum absolute atomic E-state index is 0.0421. The molecule has 1 fully saturated rings. The molecule has 1 heterocycles. The van der Waals surface area contributed by atoms with Gasteiger partial charge in [0.05, 0.1) is 14.2 Å². The summed E-state index contributed by atoms with van der Waals surface area (Å²) >= 11 is 0. The number of aryl methyl sites for hydroxylation is 1. The molecule has 0 radical (unpaired) electrons. The van der Waals surface area contributed by atoms with Crippen molar-refractivity contribution >= 4 is 17.4 Å². The number of amidine groups is 1. The smallest absolute Gasteiger partial charge is 0.256 e. The topological polar surface area (TPSA) is 113 Å². The Morgan fingerprint density at radius 1 is 1.12 bits per heavy atom. The average molecular weight is 466 g/mol. The van der Waals surface area contributed by atoms with E-state index in [1.54, 1.807) is 26.4 Å². The zero-order valence-electron chi connectivity index (χ0n) is 20.4. The number of hydrogen-bond donors (Lipinski definition) is 4. The molecule has 8 nitrogen and oxygen atoms in total. The third-order valence-corrected chi connectivity index (χ3v) is 5.74. The minimum atomic E-state index is -0.333. The monoisotopic (exact) mass is 465 g/mol. The van der Waals surface area contributed by atoms with Crippen LogP contribution in [0, 0.1) is 5.41 Å². The maximum atomic E-state index is 12.6. The Morgan fingerprint density at radius 3 is 2.26 bits per heavy atom. The summed E-state index contributed by atoms with van der Waals surface area (Å²) in [6.07, 6.45) is 2.67. The number of nitrogens with one attached hydrogen (secondary N) is 3. The van der Waals surface area contributed by atoms with Crippen molar-refractivity contribution in [3.63, 3.8) is 0 Å². The normalized spacial score (nSPS) is 18.4. The molecule has 0 spiro atoms. The van der Waals surface area contributed by atoms with Crippen LogP contribution in [0.2, 0.25) is 0 Å². The van der Waals surface area contributed by atoms with Gasteiger partial charge in [0.15, 0.2) is 0 Å². The Balaban J connectivity index is 1.54. The van der Waals surface area contributed by atoms with E-state index in [1.165, 1.54) is 6.08 Å². The number of ether oxygens (including phenoxy) is 2. The number of carbonyl (C=O) groups excluding carboxylic acids is 1. The molecule has 3 rings (SSSR count). The fourth-order valence-corrected chi connectivity index (χ4v) is 4.15. The number of nitrogens with two attached hydrogens (primary N) is 1. The summed E-state index contributed by atoms with van der Waals surface area (Å²) in [5.41, 5.74) is 9.20. The van der Waals surface area contributed by atoms with Gasteiger partial charge in [-0.2, -0.15) is 0 Å². The highest BCUT2D eigenvalue weighted by atomic mass is 16.5. The fourth-order valence-electron chi connectivity index (χ4n) is 4.15. The summed E-state index contributed by atoms with van der Waals surface area (Å²) in [6, 6.07) is 14.0. The van der Waals surface area contributed by atoms with Gasteiger partial charge in [0, 0.05) is 48.2 Å². The van der Waals surface area contributed by atoms with Crippen LogP contribution in [0.1, 0.15) is 36.2 Å². The molecule has 1 amide bonds. The van der Waals surface area contributed by atoms with E-state index in [1.807, 2.05) is 30.3 Å². The van der Waals surface area contributed by atoms with Gasteiger partial charge >= 0.3 is 0 Å². The van der Waals surface area contributed by atoms with E-state index >= 15 is 0 Å². The molecule has 182 valence electrons. The maximum absolute atomic E-state index is 12.6. The van der Waals surface area contributed by atoms with E-state index in [0.717, 1.165) is 24.3 Å². The van der Waals surface area contributed by atoms with Gasteiger partial charge in [0.2, 0.25) is 0 Å². The molecule has 0 aromatic heterocycles. The van der Waals surface area contributed by atoms with Crippen molar-refractivity contribution in [3.05, 3.63) is 65.4 Å². The van der Waals surface area contributed by atoms with E-state index in [-0.39, 0.29) is 11.7 Å². The van der Waals surface area contributed by atoms with Crippen molar-refractivity contribution in [1.82, 2.24) is 10.6 Å². The highest BCUT2D eigenvalue weighted by Crippen LogP contribution is 2.23. The molecule has 1 aliphatic heterocycles. The molecule has 1 aliphatic rings. The number of methoxy groups -OCH3 is 2. The predicted molar refractivity (Wildman–Crippen MR) is 136 cm³/mol. The van der Waals surface area contributed by atoms with Crippen molar-refractivity contribution in [2.24, 2.45) is 5.73 Å². The van der Waals surface area contributed by atoms with Gasteiger partial charge in [-0.05, 0) is 74.7 Å². The summed E-state index contributed by atoms with van der Waals surface area (Å²) in [5, 5.41) is 14.2. The molecule has 0 saturated carbocycles. The van der Waals surface area contributed by atoms with Crippen molar-refractivity contribution in [1.29, 1.82) is 5.41 Å². The van der Waals surface area contributed by atoms with Crippen LogP contribution in [-0.2, 0) is 6.42 Å². The van der Waals surface area contributed by atoms with Crippen LogP contribution in [0.25, 0.3) is 0 Å². The lowest BCUT2D eigenvalue weighted by atomic mass is 10.1. The van der Waals surface area contributed by atoms with Crippen LogP contribution >= 0.6 is 0 Å². The van der Waals surface area contributed by atoms with Crippen LogP contribution in [-0.4, -0.2) is 51.1 Å². The number of piperazine rings is 1. The van der Waals surface area contributed by atoms with Crippen molar-refractivity contribution in [2.75, 3.05) is 32.2 Å². The first kappa shape index (κ1) is 25.1. The van der Waals surface area contributed by atoms with E-state index in [2.05, 4.69) is 29.4 Å². The highest BCUT2D eigenvalue weighted by Gasteiger charge is 2.21. The predicted octanol–water partition coefficient (Wildman–Crippen LogP) is 3.07. The molecule has 2 aromatic carbocycles. The first-order valence-electron chi connectivity index (χ1n) is 11.5. The van der Waals surface area contributed by atoms with Gasteiger partial charge in [-0.1, -0.05) is 0 Å². The van der Waals surface area contributed by atoms with Crippen LogP contribution in [0.3, 0.4) is 0 Å². The zero-order valence-corrected chi connectivity index (χ0v) is 20.4. The minimum Gasteiger partial charge on any atom is -0.497 e. The van der Waals surface area contributed by atoms with Crippen molar-refractivity contribution in [2.45, 2.75) is 38.8 Å². The third-order valence-electron chi connectivity index (χ3n) is 5.74. The Bertz CT molecular complexity index is 1000. The summed E-state index contributed by atoms with van der Waals surface area (Å²) in [4.78, 5) is 14.9. The van der Waals surface area contributed by atoms with Gasteiger partial charge in [0.25, 0.3) is 5.91 Å². The zero-order chi connectivity index (χ0) is 24.7. The van der Waals surface area contributed by atoms with E-state index in [0.29, 0.717) is 47.7 Å². The number of benzene rings is 2. The Hall–Kier alpha value is -3.52. The Labute approximate surface area is 201 Å². The second-order valence-electron chi connectivity index (χ2n) is 8.73. The number of amides is 1. The van der Waals surface area contributed by atoms with E-state index in [4.69, 9.17) is 20.6 Å². The van der Waals surface area contributed by atoms with Crippen LogP contribution in [0.15, 0.2) is 54.2 Å². The Kier molecular flexibility index (Phi) is 8.54. The van der Waals surface area contributed by atoms with Gasteiger partial charge in [-0.25, -0.2) is 0 Å². The highest BCUT2D eigenvalue weighted by molar-refractivity contribution is 6.09. The number of anilines is 1. The molecule has 8 heteroatoms. The van der Waals surface area contributed by atoms with Crippen LogP contribution in [0.5, 0.6) is 11.5 Å². The maximum Gasteiger partial charge on any atom is 0.256 e. The Morgan fingerprint density at radius 2 is 1.71 bits per heavy atom. The molecule has 0 bridgehead atoms. The number of allylic oxidation sites excluding steroid dienone is 1. The SMILES string of the molecule is COc1cc(CCC(N)=CC(=N)NC(=O)c2ccc(N3CC(C)NC(C)C3)cc2)cc(OC)c1. The first-order chi connectivity index (χ1) is 16.3. The fraction of sp³-hybridized carbons (Fsp3) is 0.385. The molecule has 2 atom stereocenters. The standard InChI is InChI=1S/C26H35N5O3/c1-17-15-31(16-18(2)29-17)22-9-6-20(7-10-22)26(32)30-25(28)13-21(27)8-5-19-11-23(33-3)14-24(12-19)34-4/h6-7,9-14,17-18,29H,5,8,15-16,27H2,1-4H3,(H2,28,30,32). The summed E-state index contributed by atoms with van der Waals surface area (Å²) in [5.74, 6) is 1.05. The number of rotatable bonds is 8. The molecule has 5 N–H and O–H groups in total. The quantitative estimate of drug-likeness (QED) is 0.352. The lowest BCUT2D eigenvalue weighted by Crippen LogP contribution is -2.54. The summed E-state index contributed by atoms with van der Waals surface area (Å²) in [6.45, 7) is 6.19. The largest absolute Gasteiger partial charge is 0.497 e. The number of hydrogen-bond acceptors (Lipinski definition) is 7. The van der Waals surface area contributed by atoms with Crippen molar-refractivity contribution < 1.29 is 14.3 Å². The molecule has 2 unspecified atom stereocenters. The summed E-state index contributed by atoms with van der Waals surface area (Å²) in [7, 11) is 3.22. The lowest BCUT2D eigenvalue weighted by Gasteiger charge is -2.37. The van der Waals surface area contributed by atoms with Gasteiger partial charge in [0.1, 0.15) is 17.3 Å². The van der Waals surface area contributed by atoms with Crippen LogP contribution < -0.4 is 30.7 Å². The molecule has 1 saturated heterocycles. The molecular formula is C26H35N5O3. The first-order valence-corrected chi connectivity index (χ1v) is 11.5. The molecule has 2 aromatic rings. The average Bonchev–Trinajstić information content (AvgIpc) is 2.81. The van der Waals surface area contributed by atoms with Crippen LogP contribution in [0.4, 0.5) is 5.69 Å². The van der Waals surface area contributed by atoms with E-state index < -0.39 is 0 Å².